The minimum atomic E-state index is -4.24. The molecular weight excluding hydrogens is 509 g/mol. The zero-order valence-corrected chi connectivity index (χ0v) is 20.3. The van der Waals surface area contributed by atoms with Crippen LogP contribution in [0.1, 0.15) is 12.8 Å². The van der Waals surface area contributed by atoms with Crippen LogP contribution < -0.4 is 20.5 Å². The molecule has 0 unspecified atom stereocenters. The summed E-state index contributed by atoms with van der Waals surface area (Å²) >= 11 is 0.385. The maximum Gasteiger partial charge on any atom is 0.333 e. The van der Waals surface area contributed by atoms with Crippen LogP contribution in [0.5, 0.6) is 5.88 Å². The Bertz CT molecular complexity index is 1630. The molecule has 1 aliphatic rings. The van der Waals surface area contributed by atoms with Crippen LogP contribution in [0.15, 0.2) is 63.7 Å². The first-order valence-corrected chi connectivity index (χ1v) is 13.2. The lowest BCUT2D eigenvalue weighted by atomic mass is 10.1. The number of aromatic nitrogens is 2. The van der Waals surface area contributed by atoms with E-state index in [-0.39, 0.29) is 21.6 Å². The second-order valence-electron chi connectivity index (χ2n) is 8.13. The molecule has 0 spiro atoms. The molecule has 0 atom stereocenters. The summed E-state index contributed by atoms with van der Waals surface area (Å²) in [7, 11) is -4.24. The van der Waals surface area contributed by atoms with Gasteiger partial charge in [0.25, 0.3) is 15.6 Å². The number of rotatable bonds is 5. The van der Waals surface area contributed by atoms with Crippen LogP contribution in [-0.2, 0) is 10.0 Å². The van der Waals surface area contributed by atoms with E-state index in [1.54, 1.807) is 10.8 Å². The molecule has 0 aliphatic carbocycles. The van der Waals surface area contributed by atoms with Crippen molar-refractivity contribution in [1.82, 2.24) is 14.3 Å². The zero-order chi connectivity index (χ0) is 25.4. The molecule has 4 aromatic rings. The van der Waals surface area contributed by atoms with Crippen molar-refractivity contribution in [2.75, 3.05) is 23.3 Å². The van der Waals surface area contributed by atoms with E-state index in [1.165, 1.54) is 24.4 Å². The molecule has 2 amide bonds. The van der Waals surface area contributed by atoms with E-state index >= 15 is 0 Å². The highest BCUT2D eigenvalue weighted by atomic mass is 32.2. The second-order valence-corrected chi connectivity index (χ2v) is 11.1. The van der Waals surface area contributed by atoms with Gasteiger partial charge in [-0.15, -0.1) is 0 Å². The number of sulfonamides is 1. The van der Waals surface area contributed by atoms with Crippen LogP contribution in [0.3, 0.4) is 0 Å². The van der Waals surface area contributed by atoms with Crippen LogP contribution in [0.25, 0.3) is 16.6 Å². The average Bonchev–Trinajstić information content (AvgIpc) is 3.52. The van der Waals surface area contributed by atoms with Gasteiger partial charge in [-0.25, -0.2) is 27.5 Å². The largest absolute Gasteiger partial charge is 0.494 e. The molecule has 3 N–H and O–H groups in total. The van der Waals surface area contributed by atoms with Gasteiger partial charge in [-0.05, 0) is 60.7 Å². The first-order valence-electron chi connectivity index (χ1n) is 10.9. The predicted octanol–water partition coefficient (Wildman–Crippen LogP) is 3.40. The Morgan fingerprint density at radius 2 is 1.86 bits per heavy atom. The number of nitrogens with zero attached hydrogens (tertiary/aromatic N) is 3. The van der Waals surface area contributed by atoms with E-state index in [9.17, 15) is 27.5 Å². The number of hydrogen-bond acceptors (Lipinski definition) is 8. The standard InChI is InChI=1S/C23H20FN5O5S2/c24-18-6-8-21(35-18)36(33,34)27-23(32)26-15-3-7-19(25-13-15)29-20(30)12-14-11-16(28-9-1-2-10-28)4-5-17(14)22(29)31/h3-8,11-13,31H,1-2,9-10H2,(H2,26,27,32). The molecule has 1 saturated heterocycles. The van der Waals surface area contributed by atoms with Crippen molar-refractivity contribution in [3.63, 3.8) is 0 Å². The van der Waals surface area contributed by atoms with Crippen LogP contribution >= 0.6 is 11.3 Å². The highest BCUT2D eigenvalue weighted by Crippen LogP contribution is 2.30. The topological polar surface area (TPSA) is 134 Å². The van der Waals surface area contributed by atoms with Crippen LogP contribution in [0, 0.1) is 5.13 Å². The summed E-state index contributed by atoms with van der Waals surface area (Å²) in [6, 6.07) is 10.7. The molecule has 0 saturated carbocycles. The number of urea groups is 1. The Balaban J connectivity index is 1.35. The summed E-state index contributed by atoms with van der Waals surface area (Å²) in [5.41, 5.74) is 0.640. The minimum Gasteiger partial charge on any atom is -0.494 e. The number of carbonyl (C=O) groups excluding carboxylic acids is 1. The van der Waals surface area contributed by atoms with Gasteiger partial charge in [-0.1, -0.05) is 11.3 Å². The van der Waals surface area contributed by atoms with Gasteiger partial charge in [0.05, 0.1) is 11.9 Å². The van der Waals surface area contributed by atoms with E-state index in [0.717, 1.165) is 48.3 Å². The quantitative estimate of drug-likeness (QED) is 0.361. The van der Waals surface area contributed by atoms with Crippen LogP contribution in [0.4, 0.5) is 20.6 Å². The number of pyridine rings is 2. The molecule has 0 bridgehead atoms. The fraction of sp³-hybridized carbons (Fsp3) is 0.174. The van der Waals surface area contributed by atoms with E-state index in [1.807, 2.05) is 12.1 Å². The Kier molecular flexibility index (Phi) is 6.10. The van der Waals surface area contributed by atoms with Crippen molar-refractivity contribution in [2.24, 2.45) is 0 Å². The number of nitrogens with one attached hydrogen (secondary N) is 2. The number of thiophene rings is 1. The third-order valence-corrected chi connectivity index (χ3v) is 8.43. The predicted molar refractivity (Wildman–Crippen MR) is 134 cm³/mol. The lowest BCUT2D eigenvalue weighted by Gasteiger charge is -2.18. The number of fused-ring (bicyclic) bond motifs is 1. The molecule has 1 aromatic carbocycles. The fourth-order valence-electron chi connectivity index (χ4n) is 4.05. The molecule has 1 fully saturated rings. The van der Waals surface area contributed by atoms with Crippen LogP contribution in [-0.4, -0.2) is 42.2 Å². The Morgan fingerprint density at radius 3 is 2.53 bits per heavy atom. The molecule has 0 radical (unpaired) electrons. The van der Waals surface area contributed by atoms with Crippen molar-refractivity contribution in [3.05, 3.63) is 70.2 Å². The highest BCUT2D eigenvalue weighted by molar-refractivity contribution is 7.92. The van der Waals surface area contributed by atoms with Gasteiger partial charge in [0.1, 0.15) is 10.0 Å². The minimum absolute atomic E-state index is 0.107. The lowest BCUT2D eigenvalue weighted by Crippen LogP contribution is -2.34. The van der Waals surface area contributed by atoms with E-state index in [2.05, 4.69) is 15.2 Å². The van der Waals surface area contributed by atoms with Crippen molar-refractivity contribution < 1.29 is 22.7 Å². The Hall–Kier alpha value is -3.97. The fourth-order valence-corrected chi connectivity index (χ4v) is 5.96. The molecule has 5 rings (SSSR count). The molecule has 1 aliphatic heterocycles. The average molecular weight is 530 g/mol. The van der Waals surface area contributed by atoms with Gasteiger partial charge in [-0.2, -0.15) is 4.39 Å². The lowest BCUT2D eigenvalue weighted by molar-refractivity contribution is 0.256. The SMILES string of the molecule is O=C(Nc1ccc(-n2c(O)c3ccc(N4CCCC4)cc3cc2=O)nc1)NS(=O)(=O)c1ccc(F)s1. The molecule has 4 heterocycles. The highest BCUT2D eigenvalue weighted by Gasteiger charge is 2.21. The smallest absolute Gasteiger partial charge is 0.333 e. The third kappa shape index (κ3) is 4.62. The number of anilines is 2. The van der Waals surface area contributed by atoms with Crippen molar-refractivity contribution >= 4 is 49.5 Å². The third-order valence-electron chi connectivity index (χ3n) is 5.73. The van der Waals surface area contributed by atoms with E-state index in [4.69, 9.17) is 0 Å². The normalized spacial score (nSPS) is 13.8. The summed E-state index contributed by atoms with van der Waals surface area (Å²) < 4.78 is 39.9. The van der Waals surface area contributed by atoms with Crippen molar-refractivity contribution in [3.8, 4) is 11.7 Å². The molecule has 13 heteroatoms. The van der Waals surface area contributed by atoms with Gasteiger partial charge in [-0.3, -0.25) is 4.79 Å². The summed E-state index contributed by atoms with van der Waals surface area (Å²) in [6.07, 6.45) is 3.44. The number of aromatic hydroxyl groups is 1. The zero-order valence-electron chi connectivity index (χ0n) is 18.6. The summed E-state index contributed by atoms with van der Waals surface area (Å²) in [5.74, 6) is -0.165. The van der Waals surface area contributed by atoms with Gasteiger partial charge in [0.2, 0.25) is 5.88 Å². The molecule has 36 heavy (non-hydrogen) atoms. The number of carbonyl (C=O) groups is 1. The maximum atomic E-state index is 13.1. The summed E-state index contributed by atoms with van der Waals surface area (Å²) in [4.78, 5) is 31.3. The van der Waals surface area contributed by atoms with E-state index < -0.39 is 26.7 Å². The van der Waals surface area contributed by atoms with Gasteiger partial charge in [0.15, 0.2) is 5.13 Å². The molecule has 10 nitrogen and oxygen atoms in total. The van der Waals surface area contributed by atoms with E-state index in [0.29, 0.717) is 22.1 Å². The summed E-state index contributed by atoms with van der Waals surface area (Å²) in [5, 5.41) is 13.5. The monoisotopic (exact) mass is 529 g/mol. The maximum absolute atomic E-state index is 13.1. The number of hydrogen-bond donors (Lipinski definition) is 3. The van der Waals surface area contributed by atoms with Gasteiger partial charge in [0, 0.05) is 30.2 Å². The first-order chi connectivity index (χ1) is 17.2. The number of benzene rings is 1. The second kappa shape index (κ2) is 9.24. The first kappa shape index (κ1) is 23.8. The Morgan fingerprint density at radius 1 is 1.08 bits per heavy atom. The van der Waals surface area contributed by atoms with Gasteiger partial charge < -0.3 is 15.3 Å². The van der Waals surface area contributed by atoms with Gasteiger partial charge >= 0.3 is 6.03 Å². The van der Waals surface area contributed by atoms with Crippen molar-refractivity contribution in [1.29, 1.82) is 0 Å². The Labute approximate surface area is 208 Å². The molecular formula is C23H20FN5O5S2. The number of halogens is 1. The summed E-state index contributed by atoms with van der Waals surface area (Å²) in [6.45, 7) is 1.91. The molecule has 3 aromatic heterocycles. The molecule has 186 valence electrons. The van der Waals surface area contributed by atoms with Crippen molar-refractivity contribution in [2.45, 2.75) is 17.1 Å². The van der Waals surface area contributed by atoms with Crippen LogP contribution in [0.2, 0.25) is 0 Å². The number of amides is 2.